The van der Waals surface area contributed by atoms with Crippen molar-refractivity contribution in [1.29, 1.82) is 0 Å². The van der Waals surface area contributed by atoms with E-state index in [0.717, 1.165) is 12.0 Å². The summed E-state index contributed by atoms with van der Waals surface area (Å²) in [6.45, 7) is 4.19. The maximum atomic E-state index is 10.9. The van der Waals surface area contributed by atoms with Gasteiger partial charge in [0.25, 0.3) is 0 Å². The van der Waals surface area contributed by atoms with Crippen molar-refractivity contribution in [2.75, 3.05) is 6.61 Å². The van der Waals surface area contributed by atoms with Gasteiger partial charge in [0.05, 0.1) is 12.8 Å². The van der Waals surface area contributed by atoms with E-state index in [1.165, 1.54) is 5.56 Å². The molecule has 1 N–H and O–H groups in total. The minimum absolute atomic E-state index is 0.340. The third-order valence-corrected chi connectivity index (χ3v) is 2.03. The summed E-state index contributed by atoms with van der Waals surface area (Å²) in [7, 11) is 0. The van der Waals surface area contributed by atoms with Crippen molar-refractivity contribution in [3.8, 4) is 0 Å². The summed E-state index contributed by atoms with van der Waals surface area (Å²) < 4.78 is 4.65. The van der Waals surface area contributed by atoms with E-state index in [9.17, 15) is 4.79 Å². The number of nitrogens with zero attached hydrogens (tertiary/aromatic N) is 1. The molecule has 0 radical (unpaired) electrons. The van der Waals surface area contributed by atoms with Crippen LogP contribution in [0.2, 0.25) is 0 Å². The Bertz CT molecular complexity index is 358. The summed E-state index contributed by atoms with van der Waals surface area (Å²) in [5, 5.41) is 3.77. The predicted molar refractivity (Wildman–Crippen MR) is 63.6 cm³/mol. The summed E-state index contributed by atoms with van der Waals surface area (Å²) in [5.41, 5.74) is 4.48. The van der Waals surface area contributed by atoms with E-state index >= 15 is 0 Å². The van der Waals surface area contributed by atoms with Crippen LogP contribution in [0.1, 0.15) is 25.0 Å². The zero-order valence-corrected chi connectivity index (χ0v) is 9.56. The molecule has 0 unspecified atom stereocenters. The Morgan fingerprint density at radius 3 is 2.62 bits per heavy atom. The largest absolute Gasteiger partial charge is 0.449 e. The summed E-state index contributed by atoms with van der Waals surface area (Å²) >= 11 is 0. The van der Waals surface area contributed by atoms with Gasteiger partial charge in [-0.3, -0.25) is 0 Å². The number of aryl methyl sites for hydroxylation is 1. The normalized spacial score (nSPS) is 10.4. The molecule has 0 aliphatic heterocycles. The average Bonchev–Trinajstić information content (AvgIpc) is 2.30. The van der Waals surface area contributed by atoms with Crippen LogP contribution in [0.4, 0.5) is 4.79 Å². The number of benzene rings is 1. The number of carbonyl (C=O) groups excluding carboxylic acids is 1. The third kappa shape index (κ3) is 4.13. The Morgan fingerprint density at radius 1 is 1.38 bits per heavy atom. The van der Waals surface area contributed by atoms with Gasteiger partial charge >= 0.3 is 6.09 Å². The smallest absolute Gasteiger partial charge is 0.427 e. The molecule has 0 saturated carbocycles. The van der Waals surface area contributed by atoms with Gasteiger partial charge < -0.3 is 4.74 Å². The van der Waals surface area contributed by atoms with Crippen LogP contribution in [0.25, 0.3) is 0 Å². The van der Waals surface area contributed by atoms with Crippen molar-refractivity contribution < 1.29 is 9.53 Å². The molecule has 0 saturated heterocycles. The molecule has 1 amide bonds. The fourth-order valence-corrected chi connectivity index (χ4v) is 1.16. The minimum Gasteiger partial charge on any atom is -0.449 e. The Balaban J connectivity index is 2.46. The second-order valence-electron chi connectivity index (χ2n) is 3.19. The van der Waals surface area contributed by atoms with Gasteiger partial charge in [-0.05, 0) is 24.5 Å². The lowest BCUT2D eigenvalue weighted by Crippen LogP contribution is -2.18. The predicted octanol–water partition coefficient (Wildman–Crippen LogP) is 2.33. The molecule has 16 heavy (non-hydrogen) atoms. The number of rotatable bonds is 4. The summed E-state index contributed by atoms with van der Waals surface area (Å²) in [6, 6.07) is 7.97. The number of nitrogens with one attached hydrogen (secondary N) is 1. The summed E-state index contributed by atoms with van der Waals surface area (Å²) in [5.74, 6) is 0. The van der Waals surface area contributed by atoms with Gasteiger partial charge in [-0.2, -0.15) is 5.10 Å². The number of hydrazone groups is 1. The number of hydrogen-bond donors (Lipinski definition) is 1. The molecule has 0 aliphatic rings. The average molecular weight is 220 g/mol. The fraction of sp³-hybridized carbons (Fsp3) is 0.333. The number of carbonyl (C=O) groups is 1. The van der Waals surface area contributed by atoms with Gasteiger partial charge in [-0.25, -0.2) is 10.2 Å². The number of amides is 1. The molecule has 0 bridgehead atoms. The molecule has 1 aromatic rings. The molecule has 0 fully saturated rings. The molecule has 4 heteroatoms. The minimum atomic E-state index is -0.538. The first-order valence-electron chi connectivity index (χ1n) is 5.31. The molecule has 1 aromatic carbocycles. The molecule has 0 atom stereocenters. The second kappa shape index (κ2) is 6.61. The maximum absolute atomic E-state index is 10.9. The van der Waals surface area contributed by atoms with Crippen LogP contribution >= 0.6 is 0 Å². The molecule has 86 valence electrons. The van der Waals surface area contributed by atoms with E-state index in [2.05, 4.69) is 22.2 Å². The van der Waals surface area contributed by atoms with Crippen molar-refractivity contribution in [2.24, 2.45) is 5.10 Å². The zero-order chi connectivity index (χ0) is 11.8. The van der Waals surface area contributed by atoms with Crippen LogP contribution < -0.4 is 5.43 Å². The molecule has 0 heterocycles. The Labute approximate surface area is 95.3 Å². The zero-order valence-electron chi connectivity index (χ0n) is 9.56. The lowest BCUT2D eigenvalue weighted by molar-refractivity contribution is 0.152. The molecule has 0 aliphatic carbocycles. The van der Waals surface area contributed by atoms with Crippen molar-refractivity contribution >= 4 is 12.3 Å². The fourth-order valence-electron chi connectivity index (χ4n) is 1.16. The monoisotopic (exact) mass is 220 g/mol. The van der Waals surface area contributed by atoms with Crippen molar-refractivity contribution in [2.45, 2.75) is 20.3 Å². The van der Waals surface area contributed by atoms with Gasteiger partial charge in [0.2, 0.25) is 0 Å². The Hall–Kier alpha value is -1.84. The first kappa shape index (κ1) is 12.2. The molecule has 1 rings (SSSR count). The summed E-state index contributed by atoms with van der Waals surface area (Å²) in [4.78, 5) is 10.9. The van der Waals surface area contributed by atoms with Crippen LogP contribution in [-0.4, -0.2) is 18.9 Å². The lowest BCUT2D eigenvalue weighted by atomic mass is 10.1. The van der Waals surface area contributed by atoms with Crippen LogP contribution in [0.15, 0.2) is 29.4 Å². The highest BCUT2D eigenvalue weighted by Gasteiger charge is 1.95. The number of hydrogen-bond acceptors (Lipinski definition) is 3. The maximum Gasteiger partial charge on any atom is 0.427 e. The van der Waals surface area contributed by atoms with E-state index in [1.807, 2.05) is 24.3 Å². The van der Waals surface area contributed by atoms with Gasteiger partial charge in [0, 0.05) is 0 Å². The molecular formula is C12H16N2O2. The van der Waals surface area contributed by atoms with Gasteiger partial charge in [0.15, 0.2) is 0 Å². The van der Waals surface area contributed by atoms with E-state index in [4.69, 9.17) is 0 Å². The van der Waals surface area contributed by atoms with E-state index in [1.54, 1.807) is 13.1 Å². The van der Waals surface area contributed by atoms with Crippen molar-refractivity contribution in [3.05, 3.63) is 35.4 Å². The Morgan fingerprint density at radius 2 is 2.06 bits per heavy atom. The Kier molecular flexibility index (Phi) is 5.05. The van der Waals surface area contributed by atoms with Crippen LogP contribution in [0.5, 0.6) is 0 Å². The lowest BCUT2D eigenvalue weighted by Gasteiger charge is -1.99. The SMILES string of the molecule is CCOC(=O)N/N=C/c1ccc(CC)cc1. The van der Waals surface area contributed by atoms with Crippen molar-refractivity contribution in [3.63, 3.8) is 0 Å². The standard InChI is InChI=1S/C12H16N2O2/c1-3-10-5-7-11(8-6-10)9-13-14-12(15)16-4-2/h5-9H,3-4H2,1-2H3,(H,14,15)/b13-9+. The molecule has 0 aromatic heterocycles. The van der Waals surface area contributed by atoms with Crippen LogP contribution in [0, 0.1) is 0 Å². The molecular weight excluding hydrogens is 204 g/mol. The van der Waals surface area contributed by atoms with E-state index in [0.29, 0.717) is 6.61 Å². The molecule has 4 nitrogen and oxygen atoms in total. The first-order chi connectivity index (χ1) is 7.76. The van der Waals surface area contributed by atoms with E-state index < -0.39 is 6.09 Å². The highest BCUT2D eigenvalue weighted by atomic mass is 16.5. The van der Waals surface area contributed by atoms with Crippen molar-refractivity contribution in [1.82, 2.24) is 5.43 Å². The van der Waals surface area contributed by atoms with Gasteiger partial charge in [0.1, 0.15) is 0 Å². The second-order valence-corrected chi connectivity index (χ2v) is 3.19. The summed E-state index contributed by atoms with van der Waals surface area (Å²) in [6.07, 6.45) is 2.05. The first-order valence-corrected chi connectivity index (χ1v) is 5.31. The van der Waals surface area contributed by atoms with Gasteiger partial charge in [-0.1, -0.05) is 31.2 Å². The van der Waals surface area contributed by atoms with Crippen LogP contribution in [0.3, 0.4) is 0 Å². The third-order valence-electron chi connectivity index (χ3n) is 2.03. The topological polar surface area (TPSA) is 50.7 Å². The highest BCUT2D eigenvalue weighted by molar-refractivity contribution is 5.80. The molecule has 0 spiro atoms. The van der Waals surface area contributed by atoms with Crippen LogP contribution in [-0.2, 0) is 11.2 Å². The highest BCUT2D eigenvalue weighted by Crippen LogP contribution is 2.02. The quantitative estimate of drug-likeness (QED) is 0.625. The number of ether oxygens (including phenoxy) is 1. The van der Waals surface area contributed by atoms with Gasteiger partial charge in [-0.15, -0.1) is 0 Å². The van der Waals surface area contributed by atoms with E-state index in [-0.39, 0.29) is 0 Å².